The Hall–Kier alpha value is -3.06. The number of likely N-dealkylation sites (tertiary alicyclic amines) is 1. The quantitative estimate of drug-likeness (QED) is 0.698. The molecular weight excluding hydrogens is 364 g/mol. The summed E-state index contributed by atoms with van der Waals surface area (Å²) in [5.41, 5.74) is 9.04. The Labute approximate surface area is 170 Å². The molecule has 2 heterocycles. The van der Waals surface area contributed by atoms with Gasteiger partial charge in [-0.05, 0) is 54.4 Å². The Morgan fingerprint density at radius 1 is 1.10 bits per heavy atom. The molecule has 7 heteroatoms. The number of hydrogen-bond acceptors (Lipinski definition) is 5. The monoisotopic (exact) mass is 390 g/mol. The molecule has 1 aliphatic heterocycles. The molecular formula is C22H26N6O. The molecule has 0 unspecified atom stereocenters. The van der Waals surface area contributed by atoms with Gasteiger partial charge in [0.2, 0.25) is 5.91 Å². The number of hydrogen-bond donors (Lipinski definition) is 1. The van der Waals surface area contributed by atoms with Crippen LogP contribution in [0.1, 0.15) is 41.4 Å². The van der Waals surface area contributed by atoms with E-state index in [9.17, 15) is 4.79 Å². The fourth-order valence-corrected chi connectivity index (χ4v) is 3.99. The van der Waals surface area contributed by atoms with Gasteiger partial charge in [0.25, 0.3) is 0 Å². The first-order chi connectivity index (χ1) is 14.1. The number of nitrogens with two attached hydrogens (primary N) is 1. The lowest BCUT2D eigenvalue weighted by molar-refractivity contribution is -0.123. The molecule has 1 atom stereocenters. The van der Waals surface area contributed by atoms with Gasteiger partial charge in [-0.15, -0.1) is 5.10 Å². The number of carbonyl (C=O) groups excluding carboxylic acids is 1. The molecule has 0 saturated carbocycles. The second-order valence-electron chi connectivity index (χ2n) is 7.71. The summed E-state index contributed by atoms with van der Waals surface area (Å²) in [6.45, 7) is 4.26. The van der Waals surface area contributed by atoms with Crippen molar-refractivity contribution in [3.63, 3.8) is 0 Å². The number of aryl methyl sites for hydroxylation is 1. The second kappa shape index (κ2) is 8.53. The Bertz CT molecular complexity index is 945. The average Bonchev–Trinajstić information content (AvgIpc) is 3.18. The molecule has 2 N–H and O–H groups in total. The van der Waals surface area contributed by atoms with Crippen LogP contribution in [0.5, 0.6) is 0 Å². The lowest BCUT2D eigenvalue weighted by atomic mass is 9.93. The Morgan fingerprint density at radius 2 is 1.79 bits per heavy atom. The van der Waals surface area contributed by atoms with Crippen molar-refractivity contribution in [3.8, 4) is 0 Å². The third-order valence-electron chi connectivity index (χ3n) is 5.67. The van der Waals surface area contributed by atoms with Crippen LogP contribution in [0.3, 0.4) is 0 Å². The second-order valence-corrected chi connectivity index (χ2v) is 7.71. The summed E-state index contributed by atoms with van der Waals surface area (Å²) >= 11 is 0. The first-order valence-corrected chi connectivity index (χ1v) is 10.0. The number of piperidine rings is 1. The van der Waals surface area contributed by atoms with E-state index in [0.717, 1.165) is 42.9 Å². The summed E-state index contributed by atoms with van der Waals surface area (Å²) < 4.78 is 1.88. The van der Waals surface area contributed by atoms with Gasteiger partial charge in [-0.2, -0.15) is 0 Å². The van der Waals surface area contributed by atoms with E-state index in [1.54, 1.807) is 0 Å². The normalized spacial score (nSPS) is 16.6. The van der Waals surface area contributed by atoms with Gasteiger partial charge in [0.1, 0.15) is 0 Å². The van der Waals surface area contributed by atoms with E-state index in [2.05, 4.69) is 63.7 Å². The highest BCUT2D eigenvalue weighted by Crippen LogP contribution is 2.31. The van der Waals surface area contributed by atoms with Gasteiger partial charge in [0.05, 0.1) is 12.6 Å². The molecule has 0 radical (unpaired) electrons. The third kappa shape index (κ3) is 4.35. The predicted octanol–water partition coefficient (Wildman–Crippen LogP) is 2.32. The SMILES string of the molecule is Cc1ccc([C@H](c2nnnn2Cc2ccccc2)N2CCC(C(N)=O)CC2)cc1. The van der Waals surface area contributed by atoms with E-state index < -0.39 is 0 Å². The van der Waals surface area contributed by atoms with E-state index in [0.29, 0.717) is 6.54 Å². The van der Waals surface area contributed by atoms with Gasteiger partial charge in [0.15, 0.2) is 5.82 Å². The summed E-state index contributed by atoms with van der Waals surface area (Å²) in [5, 5.41) is 12.7. The molecule has 1 aromatic heterocycles. The maximum Gasteiger partial charge on any atom is 0.220 e. The summed E-state index contributed by atoms with van der Waals surface area (Å²) in [6, 6.07) is 18.6. The smallest absolute Gasteiger partial charge is 0.220 e. The van der Waals surface area contributed by atoms with Crippen LogP contribution in [-0.2, 0) is 11.3 Å². The predicted molar refractivity (Wildman–Crippen MR) is 110 cm³/mol. The van der Waals surface area contributed by atoms with Gasteiger partial charge in [0, 0.05) is 5.92 Å². The Kier molecular flexibility index (Phi) is 5.67. The minimum absolute atomic E-state index is 0.0507. The van der Waals surface area contributed by atoms with Crippen LogP contribution >= 0.6 is 0 Å². The zero-order valence-corrected chi connectivity index (χ0v) is 16.6. The number of carbonyl (C=O) groups is 1. The van der Waals surface area contributed by atoms with Crippen molar-refractivity contribution < 1.29 is 4.79 Å². The average molecular weight is 390 g/mol. The van der Waals surface area contributed by atoms with E-state index >= 15 is 0 Å². The summed E-state index contributed by atoms with van der Waals surface area (Å²) in [5.74, 6) is 0.561. The van der Waals surface area contributed by atoms with Crippen molar-refractivity contribution in [3.05, 3.63) is 77.1 Å². The van der Waals surface area contributed by atoms with Gasteiger partial charge >= 0.3 is 0 Å². The Morgan fingerprint density at radius 3 is 2.45 bits per heavy atom. The van der Waals surface area contributed by atoms with Crippen LogP contribution in [0.4, 0.5) is 0 Å². The summed E-state index contributed by atoms with van der Waals surface area (Å²) in [6.07, 6.45) is 1.52. The lowest BCUT2D eigenvalue weighted by Crippen LogP contribution is -2.41. The molecule has 2 aromatic carbocycles. The van der Waals surface area contributed by atoms with Crippen molar-refractivity contribution in [2.75, 3.05) is 13.1 Å². The van der Waals surface area contributed by atoms with Crippen molar-refractivity contribution in [1.82, 2.24) is 25.1 Å². The molecule has 0 bridgehead atoms. The van der Waals surface area contributed by atoms with E-state index in [4.69, 9.17) is 5.73 Å². The number of rotatable bonds is 6. The number of benzene rings is 2. The van der Waals surface area contributed by atoms with Gasteiger partial charge in [-0.25, -0.2) is 4.68 Å². The zero-order chi connectivity index (χ0) is 20.2. The van der Waals surface area contributed by atoms with Crippen LogP contribution in [0, 0.1) is 12.8 Å². The fourth-order valence-electron chi connectivity index (χ4n) is 3.99. The summed E-state index contributed by atoms with van der Waals surface area (Å²) in [7, 11) is 0. The minimum atomic E-state index is -0.203. The third-order valence-corrected chi connectivity index (χ3v) is 5.67. The molecule has 150 valence electrons. The molecule has 1 fully saturated rings. The molecule has 1 amide bonds. The minimum Gasteiger partial charge on any atom is -0.369 e. The number of tetrazole rings is 1. The number of nitrogens with zero attached hydrogens (tertiary/aromatic N) is 5. The van der Waals surface area contributed by atoms with Gasteiger partial charge in [-0.1, -0.05) is 60.2 Å². The van der Waals surface area contributed by atoms with Crippen molar-refractivity contribution in [1.29, 1.82) is 0 Å². The van der Waals surface area contributed by atoms with Gasteiger partial charge < -0.3 is 5.73 Å². The highest BCUT2D eigenvalue weighted by atomic mass is 16.1. The summed E-state index contributed by atoms with van der Waals surface area (Å²) in [4.78, 5) is 13.9. The van der Waals surface area contributed by atoms with Crippen molar-refractivity contribution in [2.24, 2.45) is 11.7 Å². The molecule has 0 aliphatic carbocycles. The molecule has 1 saturated heterocycles. The Balaban J connectivity index is 1.66. The number of aromatic nitrogens is 4. The first-order valence-electron chi connectivity index (χ1n) is 10.0. The largest absolute Gasteiger partial charge is 0.369 e. The van der Waals surface area contributed by atoms with Crippen LogP contribution in [-0.4, -0.2) is 44.1 Å². The van der Waals surface area contributed by atoms with E-state index in [1.165, 1.54) is 5.56 Å². The highest BCUT2D eigenvalue weighted by Gasteiger charge is 2.32. The number of primary amides is 1. The zero-order valence-electron chi connectivity index (χ0n) is 16.6. The van der Waals surface area contributed by atoms with Gasteiger partial charge in [-0.3, -0.25) is 9.69 Å². The maximum atomic E-state index is 11.6. The van der Waals surface area contributed by atoms with Crippen LogP contribution in [0.15, 0.2) is 54.6 Å². The van der Waals surface area contributed by atoms with E-state index in [1.807, 2.05) is 22.9 Å². The topological polar surface area (TPSA) is 89.9 Å². The molecule has 0 spiro atoms. The maximum absolute atomic E-state index is 11.6. The molecule has 7 nitrogen and oxygen atoms in total. The first kappa shape index (κ1) is 19.3. The molecule has 3 aromatic rings. The molecule has 29 heavy (non-hydrogen) atoms. The standard InChI is InChI=1S/C22H26N6O/c1-16-7-9-18(10-8-16)20(27-13-11-19(12-14-27)21(23)29)22-24-25-26-28(22)15-17-5-3-2-4-6-17/h2-10,19-20H,11-15H2,1H3,(H2,23,29)/t20-/m1/s1. The highest BCUT2D eigenvalue weighted by molar-refractivity contribution is 5.76. The van der Waals surface area contributed by atoms with Crippen LogP contribution < -0.4 is 5.73 Å². The van der Waals surface area contributed by atoms with Crippen LogP contribution in [0.2, 0.25) is 0 Å². The molecule has 4 rings (SSSR count). The van der Waals surface area contributed by atoms with Crippen molar-refractivity contribution in [2.45, 2.75) is 32.4 Å². The van der Waals surface area contributed by atoms with Crippen molar-refractivity contribution >= 4 is 5.91 Å². The molecule has 1 aliphatic rings. The van der Waals surface area contributed by atoms with E-state index in [-0.39, 0.29) is 17.9 Å². The lowest BCUT2D eigenvalue weighted by Gasteiger charge is -2.36. The fraction of sp³-hybridized carbons (Fsp3) is 0.364. The van der Waals surface area contributed by atoms with Crippen LogP contribution in [0.25, 0.3) is 0 Å². The number of amides is 1.